The van der Waals surface area contributed by atoms with Gasteiger partial charge in [0.05, 0.1) is 17.9 Å². The van der Waals surface area contributed by atoms with E-state index in [0.29, 0.717) is 11.7 Å². The Morgan fingerprint density at radius 1 is 1.40 bits per heavy atom. The van der Waals surface area contributed by atoms with E-state index in [1.54, 1.807) is 11.8 Å². The van der Waals surface area contributed by atoms with Crippen LogP contribution in [0.4, 0.5) is 5.13 Å². The predicted molar refractivity (Wildman–Crippen MR) is 101 cm³/mol. The molecule has 9 heteroatoms. The van der Waals surface area contributed by atoms with Gasteiger partial charge in [-0.3, -0.25) is 15.0 Å². The first-order valence-electron chi connectivity index (χ1n) is 7.94. The summed E-state index contributed by atoms with van der Waals surface area (Å²) in [7, 11) is 1.92. The number of aromatic nitrogens is 4. The Bertz CT molecular complexity index is 875. The molecule has 0 radical (unpaired) electrons. The highest BCUT2D eigenvalue weighted by atomic mass is 32.2. The summed E-state index contributed by atoms with van der Waals surface area (Å²) >= 11 is 3.01. The molecule has 0 aromatic carbocycles. The van der Waals surface area contributed by atoms with E-state index in [9.17, 15) is 4.79 Å². The first-order chi connectivity index (χ1) is 12.1. The van der Waals surface area contributed by atoms with Crippen LogP contribution in [-0.2, 0) is 11.3 Å². The van der Waals surface area contributed by atoms with Gasteiger partial charge >= 0.3 is 0 Å². The van der Waals surface area contributed by atoms with E-state index in [-0.39, 0.29) is 12.5 Å². The molecule has 3 aromatic rings. The summed E-state index contributed by atoms with van der Waals surface area (Å²) in [5, 5.41) is 11.4. The molecule has 7 nitrogen and oxygen atoms in total. The summed E-state index contributed by atoms with van der Waals surface area (Å²) in [6.45, 7) is 4.96. The number of likely N-dealkylation sites (N-methyl/N-ethyl adjacent to an activating group) is 1. The Balaban J connectivity index is 1.60. The van der Waals surface area contributed by atoms with E-state index in [1.807, 2.05) is 43.3 Å². The van der Waals surface area contributed by atoms with Crippen molar-refractivity contribution in [2.45, 2.75) is 24.7 Å². The normalized spacial score (nSPS) is 11.4. The fourth-order valence-corrected chi connectivity index (χ4v) is 4.18. The van der Waals surface area contributed by atoms with Gasteiger partial charge in [-0.25, -0.2) is 4.98 Å². The second kappa shape index (κ2) is 7.94. The van der Waals surface area contributed by atoms with E-state index < -0.39 is 0 Å². The average molecular weight is 377 g/mol. The quantitative estimate of drug-likeness (QED) is 0.505. The second-order valence-electron chi connectivity index (χ2n) is 5.60. The maximum absolute atomic E-state index is 12.2. The number of carbonyl (C=O) groups excluding carboxylic acids is 1. The summed E-state index contributed by atoms with van der Waals surface area (Å²) < 4.78 is 2.93. The largest absolute Gasteiger partial charge is 0.302 e. The first-order valence-corrected chi connectivity index (χ1v) is 9.74. The average Bonchev–Trinajstić information content (AvgIpc) is 3.12. The van der Waals surface area contributed by atoms with Crippen molar-refractivity contribution in [2.24, 2.45) is 0 Å². The van der Waals surface area contributed by atoms with Crippen LogP contribution >= 0.6 is 23.1 Å². The molecule has 3 heterocycles. The Morgan fingerprint density at radius 2 is 2.24 bits per heavy atom. The van der Waals surface area contributed by atoms with Crippen molar-refractivity contribution in [3.63, 3.8) is 0 Å². The number of thioether (sulfide) groups is 1. The molecule has 132 valence electrons. The smallest absolute Gasteiger partial charge is 0.240 e. The summed E-state index contributed by atoms with van der Waals surface area (Å²) in [5.74, 6) is 0.836. The molecule has 0 saturated carbocycles. The van der Waals surface area contributed by atoms with Gasteiger partial charge in [0.1, 0.15) is 5.65 Å². The molecule has 0 fully saturated rings. The van der Waals surface area contributed by atoms with Crippen LogP contribution in [0.1, 0.15) is 18.3 Å². The number of imidazole rings is 1. The lowest BCUT2D eigenvalue weighted by atomic mass is 10.3. The minimum atomic E-state index is -0.0989. The van der Waals surface area contributed by atoms with Gasteiger partial charge in [0.15, 0.2) is 4.34 Å². The van der Waals surface area contributed by atoms with Gasteiger partial charge < -0.3 is 4.40 Å². The van der Waals surface area contributed by atoms with Crippen LogP contribution in [0.5, 0.6) is 0 Å². The van der Waals surface area contributed by atoms with Crippen LogP contribution < -0.4 is 5.32 Å². The lowest BCUT2D eigenvalue weighted by Gasteiger charge is -2.16. The Labute approximate surface area is 154 Å². The third-order valence-corrected chi connectivity index (χ3v) is 5.44. The fraction of sp³-hybridized carbons (Fsp3) is 0.375. The minimum Gasteiger partial charge on any atom is -0.302 e. The highest BCUT2D eigenvalue weighted by Crippen LogP contribution is 2.24. The molecular weight excluding hydrogens is 356 g/mol. The first kappa shape index (κ1) is 17.8. The van der Waals surface area contributed by atoms with Crippen LogP contribution in [-0.4, -0.2) is 49.7 Å². The zero-order valence-electron chi connectivity index (χ0n) is 14.4. The summed E-state index contributed by atoms with van der Waals surface area (Å²) in [6, 6.07) is 5.92. The van der Waals surface area contributed by atoms with Crippen LogP contribution in [0.25, 0.3) is 5.65 Å². The van der Waals surface area contributed by atoms with Crippen molar-refractivity contribution in [1.82, 2.24) is 24.5 Å². The minimum absolute atomic E-state index is 0.0989. The monoisotopic (exact) mass is 376 g/mol. The molecule has 25 heavy (non-hydrogen) atoms. The van der Waals surface area contributed by atoms with Crippen LogP contribution in [0.3, 0.4) is 0 Å². The number of anilines is 1. The number of rotatable bonds is 7. The molecule has 0 aliphatic heterocycles. The SMILES string of the molecule is CCSc1nnc(NC(=O)CN(C)Cc2c(C)nc3ccccn23)s1. The van der Waals surface area contributed by atoms with E-state index >= 15 is 0 Å². The lowest BCUT2D eigenvalue weighted by molar-refractivity contribution is -0.117. The van der Waals surface area contributed by atoms with Crippen molar-refractivity contribution in [2.75, 3.05) is 24.7 Å². The van der Waals surface area contributed by atoms with E-state index in [1.165, 1.54) is 11.3 Å². The number of aryl methyl sites for hydroxylation is 1. The molecule has 0 aliphatic rings. The number of nitrogens with one attached hydrogen (secondary N) is 1. The number of pyridine rings is 1. The van der Waals surface area contributed by atoms with E-state index in [4.69, 9.17) is 0 Å². The molecular formula is C16H20N6OS2. The standard InChI is InChI=1S/C16H20N6OS2/c1-4-24-16-20-19-15(25-16)18-14(23)10-21(3)9-12-11(2)17-13-7-5-6-8-22(12)13/h5-8H,4,9-10H2,1-3H3,(H,18,19,23). The number of fused-ring (bicyclic) bond motifs is 1. The van der Waals surface area contributed by atoms with Gasteiger partial charge in [0.25, 0.3) is 0 Å². The maximum atomic E-state index is 12.2. The van der Waals surface area contributed by atoms with E-state index in [2.05, 4.69) is 31.8 Å². The van der Waals surface area contributed by atoms with Crippen molar-refractivity contribution < 1.29 is 4.79 Å². The third kappa shape index (κ3) is 4.36. The summed E-state index contributed by atoms with van der Waals surface area (Å²) in [4.78, 5) is 18.7. The Kier molecular flexibility index (Phi) is 5.67. The molecule has 3 rings (SSSR count). The molecule has 0 spiro atoms. The molecule has 0 unspecified atom stereocenters. The van der Waals surface area contributed by atoms with Crippen LogP contribution in [0, 0.1) is 6.92 Å². The molecule has 0 atom stereocenters. The highest BCUT2D eigenvalue weighted by molar-refractivity contribution is 8.01. The van der Waals surface area contributed by atoms with Gasteiger partial charge in [-0.15, -0.1) is 10.2 Å². The highest BCUT2D eigenvalue weighted by Gasteiger charge is 2.14. The molecule has 0 saturated heterocycles. The molecule has 3 aromatic heterocycles. The van der Waals surface area contributed by atoms with Crippen LogP contribution in [0.15, 0.2) is 28.7 Å². The van der Waals surface area contributed by atoms with Gasteiger partial charge in [-0.2, -0.15) is 0 Å². The topological polar surface area (TPSA) is 75.4 Å². The Morgan fingerprint density at radius 3 is 3.04 bits per heavy atom. The van der Waals surface area contributed by atoms with Gasteiger partial charge in [0.2, 0.25) is 11.0 Å². The zero-order valence-corrected chi connectivity index (χ0v) is 16.0. The Hall–Kier alpha value is -1.97. The number of hydrogen-bond acceptors (Lipinski definition) is 7. The summed E-state index contributed by atoms with van der Waals surface area (Å²) in [5.41, 5.74) is 2.98. The number of carbonyl (C=O) groups is 1. The maximum Gasteiger partial charge on any atom is 0.240 e. The van der Waals surface area contributed by atoms with Gasteiger partial charge in [-0.05, 0) is 31.9 Å². The zero-order chi connectivity index (χ0) is 17.8. The molecule has 0 aliphatic carbocycles. The lowest BCUT2D eigenvalue weighted by Crippen LogP contribution is -2.30. The van der Waals surface area contributed by atoms with Crippen molar-refractivity contribution in [3.05, 3.63) is 35.8 Å². The number of hydrogen-bond donors (Lipinski definition) is 1. The van der Waals surface area contributed by atoms with Crippen LogP contribution in [0.2, 0.25) is 0 Å². The van der Waals surface area contributed by atoms with E-state index in [0.717, 1.165) is 27.1 Å². The van der Waals surface area contributed by atoms with Crippen molar-refractivity contribution in [1.29, 1.82) is 0 Å². The van der Waals surface area contributed by atoms with Gasteiger partial charge in [-0.1, -0.05) is 36.1 Å². The molecule has 1 N–H and O–H groups in total. The fourth-order valence-electron chi connectivity index (χ4n) is 2.51. The van der Waals surface area contributed by atoms with Crippen molar-refractivity contribution >= 4 is 39.8 Å². The molecule has 1 amide bonds. The van der Waals surface area contributed by atoms with Crippen molar-refractivity contribution in [3.8, 4) is 0 Å². The third-order valence-electron chi connectivity index (χ3n) is 3.58. The molecule has 0 bridgehead atoms. The summed E-state index contributed by atoms with van der Waals surface area (Å²) in [6.07, 6.45) is 1.99. The predicted octanol–water partition coefficient (Wildman–Crippen LogP) is 2.68. The van der Waals surface area contributed by atoms with Gasteiger partial charge in [0, 0.05) is 12.7 Å². The second-order valence-corrected chi connectivity index (χ2v) is 8.09. The number of nitrogens with zero attached hydrogens (tertiary/aromatic N) is 5. The number of amides is 1.